The van der Waals surface area contributed by atoms with Crippen molar-refractivity contribution < 1.29 is 9.90 Å². The first kappa shape index (κ1) is 16.2. The molecule has 2 aromatic rings. The van der Waals surface area contributed by atoms with E-state index in [0.717, 1.165) is 41.9 Å². The predicted octanol–water partition coefficient (Wildman–Crippen LogP) is 4.44. The number of phenols is 1. The lowest BCUT2D eigenvalue weighted by Gasteiger charge is -2.24. The van der Waals surface area contributed by atoms with Crippen molar-refractivity contribution in [3.63, 3.8) is 0 Å². The lowest BCUT2D eigenvalue weighted by atomic mass is 10.1. The van der Waals surface area contributed by atoms with Crippen LogP contribution in [0.3, 0.4) is 0 Å². The molecule has 0 saturated heterocycles. The highest BCUT2D eigenvalue weighted by Crippen LogP contribution is 2.28. The number of amides is 1. The number of phenolic OH excluding ortho intramolecular Hbond substituents is 1. The standard InChI is InChI=1S/C20H22N2O2/c1-15(19-8-4-5-9-20(19)24)21-16-10-12-18(13-11-16)22(14-23)17-6-2-3-7-17/h4-5,8-14,17,24H,2-3,6-7H2,1H3/b21-15+. The summed E-state index contributed by atoms with van der Waals surface area (Å²) in [6, 6.07) is 15.2. The number of aliphatic imine (C=N–C) groups is 1. The lowest BCUT2D eigenvalue weighted by molar-refractivity contribution is -0.107. The highest BCUT2D eigenvalue weighted by molar-refractivity contribution is 6.02. The van der Waals surface area contributed by atoms with Crippen molar-refractivity contribution in [1.82, 2.24) is 0 Å². The molecule has 1 fully saturated rings. The SMILES string of the molecule is C/C(=N\c1ccc(N(C=O)C2CCCC2)cc1)c1ccccc1O. The number of para-hydroxylation sites is 1. The van der Waals surface area contributed by atoms with Crippen molar-refractivity contribution in [3.8, 4) is 5.75 Å². The summed E-state index contributed by atoms with van der Waals surface area (Å²) in [7, 11) is 0. The number of hydrogen-bond acceptors (Lipinski definition) is 3. The Hall–Kier alpha value is -2.62. The van der Waals surface area contributed by atoms with Gasteiger partial charge in [-0.1, -0.05) is 25.0 Å². The molecule has 24 heavy (non-hydrogen) atoms. The fourth-order valence-corrected chi connectivity index (χ4v) is 3.27. The summed E-state index contributed by atoms with van der Waals surface area (Å²) in [6.45, 7) is 1.87. The maximum absolute atomic E-state index is 11.4. The predicted molar refractivity (Wildman–Crippen MR) is 97.2 cm³/mol. The molecule has 0 heterocycles. The van der Waals surface area contributed by atoms with E-state index in [1.165, 1.54) is 12.8 Å². The second kappa shape index (κ2) is 7.30. The average molecular weight is 322 g/mol. The maximum Gasteiger partial charge on any atom is 0.214 e. The zero-order valence-electron chi connectivity index (χ0n) is 13.9. The average Bonchev–Trinajstić information content (AvgIpc) is 3.12. The van der Waals surface area contributed by atoms with Crippen LogP contribution < -0.4 is 4.90 Å². The number of hydrogen-bond donors (Lipinski definition) is 1. The van der Waals surface area contributed by atoms with E-state index in [2.05, 4.69) is 4.99 Å². The van der Waals surface area contributed by atoms with E-state index in [1.54, 1.807) is 12.1 Å². The third-order valence-corrected chi connectivity index (χ3v) is 4.57. The van der Waals surface area contributed by atoms with Crippen LogP contribution >= 0.6 is 0 Å². The van der Waals surface area contributed by atoms with Crippen molar-refractivity contribution >= 4 is 23.5 Å². The number of benzene rings is 2. The zero-order valence-corrected chi connectivity index (χ0v) is 13.9. The molecule has 1 aliphatic rings. The molecular formula is C20H22N2O2. The van der Waals surface area contributed by atoms with Crippen molar-refractivity contribution in [3.05, 3.63) is 54.1 Å². The van der Waals surface area contributed by atoms with Gasteiger partial charge in [-0.2, -0.15) is 0 Å². The van der Waals surface area contributed by atoms with Gasteiger partial charge in [0, 0.05) is 23.0 Å². The minimum Gasteiger partial charge on any atom is -0.507 e. The Kier molecular flexibility index (Phi) is 4.94. The first-order chi connectivity index (χ1) is 11.7. The van der Waals surface area contributed by atoms with Gasteiger partial charge in [-0.3, -0.25) is 9.79 Å². The van der Waals surface area contributed by atoms with Crippen LogP contribution in [0.5, 0.6) is 5.75 Å². The van der Waals surface area contributed by atoms with Crippen molar-refractivity contribution in [2.24, 2.45) is 4.99 Å². The molecule has 0 aromatic heterocycles. The van der Waals surface area contributed by atoms with E-state index in [0.29, 0.717) is 6.04 Å². The Morgan fingerprint density at radius 2 is 1.79 bits per heavy atom. The van der Waals surface area contributed by atoms with Crippen molar-refractivity contribution in [1.29, 1.82) is 0 Å². The Morgan fingerprint density at radius 1 is 1.12 bits per heavy atom. The Bertz CT molecular complexity index is 732. The fourth-order valence-electron chi connectivity index (χ4n) is 3.27. The van der Waals surface area contributed by atoms with E-state index in [1.807, 2.05) is 48.2 Å². The van der Waals surface area contributed by atoms with Gasteiger partial charge in [-0.25, -0.2) is 0 Å². The molecule has 1 aliphatic carbocycles. The van der Waals surface area contributed by atoms with Crippen LogP contribution in [0.1, 0.15) is 38.2 Å². The largest absolute Gasteiger partial charge is 0.507 e. The quantitative estimate of drug-likeness (QED) is 0.653. The molecule has 0 unspecified atom stereocenters. The molecule has 1 N–H and O–H groups in total. The molecule has 4 nitrogen and oxygen atoms in total. The minimum atomic E-state index is 0.226. The topological polar surface area (TPSA) is 52.9 Å². The molecule has 0 aliphatic heterocycles. The van der Waals surface area contributed by atoms with Gasteiger partial charge >= 0.3 is 0 Å². The van der Waals surface area contributed by atoms with Crippen LogP contribution in [0.2, 0.25) is 0 Å². The highest BCUT2D eigenvalue weighted by atomic mass is 16.3. The zero-order chi connectivity index (χ0) is 16.9. The lowest BCUT2D eigenvalue weighted by Crippen LogP contribution is -2.31. The summed E-state index contributed by atoms with van der Waals surface area (Å²) in [4.78, 5) is 17.8. The molecule has 0 radical (unpaired) electrons. The van der Waals surface area contributed by atoms with Gasteiger partial charge in [0.2, 0.25) is 6.41 Å². The summed E-state index contributed by atoms with van der Waals surface area (Å²) in [5.74, 6) is 0.226. The van der Waals surface area contributed by atoms with Crippen molar-refractivity contribution in [2.45, 2.75) is 38.6 Å². The third kappa shape index (κ3) is 3.48. The second-order valence-electron chi connectivity index (χ2n) is 6.18. The van der Waals surface area contributed by atoms with Gasteiger partial charge in [-0.05, 0) is 56.2 Å². The van der Waals surface area contributed by atoms with Crippen LogP contribution in [0, 0.1) is 0 Å². The number of nitrogens with zero attached hydrogens (tertiary/aromatic N) is 2. The van der Waals surface area contributed by atoms with E-state index in [9.17, 15) is 9.90 Å². The molecule has 0 atom stereocenters. The summed E-state index contributed by atoms with van der Waals surface area (Å²) in [5.41, 5.74) is 3.19. The maximum atomic E-state index is 11.4. The smallest absolute Gasteiger partial charge is 0.214 e. The van der Waals surface area contributed by atoms with E-state index < -0.39 is 0 Å². The summed E-state index contributed by atoms with van der Waals surface area (Å²) < 4.78 is 0. The van der Waals surface area contributed by atoms with Crippen molar-refractivity contribution in [2.75, 3.05) is 4.90 Å². The molecule has 124 valence electrons. The molecule has 1 saturated carbocycles. The van der Waals surface area contributed by atoms with Gasteiger partial charge in [0.15, 0.2) is 0 Å². The van der Waals surface area contributed by atoms with Gasteiger partial charge in [0.05, 0.1) is 5.69 Å². The van der Waals surface area contributed by atoms with Crippen LogP contribution in [0.25, 0.3) is 0 Å². The molecule has 2 aromatic carbocycles. The van der Waals surface area contributed by atoms with Gasteiger partial charge in [0.1, 0.15) is 5.75 Å². The van der Waals surface area contributed by atoms with E-state index in [4.69, 9.17) is 0 Å². The molecule has 1 amide bonds. The molecule has 3 rings (SSSR count). The summed E-state index contributed by atoms with van der Waals surface area (Å²) >= 11 is 0. The Morgan fingerprint density at radius 3 is 2.42 bits per heavy atom. The Labute approximate surface area is 142 Å². The summed E-state index contributed by atoms with van der Waals surface area (Å²) in [6.07, 6.45) is 5.46. The van der Waals surface area contributed by atoms with E-state index >= 15 is 0 Å². The normalized spacial score (nSPS) is 15.5. The fraction of sp³-hybridized carbons (Fsp3) is 0.300. The summed E-state index contributed by atoms with van der Waals surface area (Å²) in [5, 5.41) is 9.90. The van der Waals surface area contributed by atoms with Gasteiger partial charge in [0.25, 0.3) is 0 Å². The van der Waals surface area contributed by atoms with Gasteiger partial charge in [-0.15, -0.1) is 0 Å². The second-order valence-corrected chi connectivity index (χ2v) is 6.18. The minimum absolute atomic E-state index is 0.226. The molecule has 0 spiro atoms. The number of aromatic hydroxyl groups is 1. The first-order valence-electron chi connectivity index (χ1n) is 8.36. The van der Waals surface area contributed by atoms with Crippen LogP contribution in [0.4, 0.5) is 11.4 Å². The third-order valence-electron chi connectivity index (χ3n) is 4.57. The van der Waals surface area contributed by atoms with Crippen LogP contribution in [-0.2, 0) is 4.79 Å². The number of carbonyl (C=O) groups is 1. The molecule has 0 bridgehead atoms. The number of rotatable bonds is 5. The van der Waals surface area contributed by atoms with Crippen LogP contribution in [-0.4, -0.2) is 23.3 Å². The number of anilines is 1. The first-order valence-corrected chi connectivity index (χ1v) is 8.36. The monoisotopic (exact) mass is 322 g/mol. The van der Waals surface area contributed by atoms with E-state index in [-0.39, 0.29) is 5.75 Å². The van der Waals surface area contributed by atoms with Gasteiger partial charge < -0.3 is 10.0 Å². The number of carbonyl (C=O) groups excluding carboxylic acids is 1. The van der Waals surface area contributed by atoms with Crippen LogP contribution in [0.15, 0.2) is 53.5 Å². The molecule has 4 heteroatoms. The molecular weight excluding hydrogens is 300 g/mol. The Balaban J connectivity index is 1.80. The highest BCUT2D eigenvalue weighted by Gasteiger charge is 2.22.